The van der Waals surface area contributed by atoms with E-state index in [1.165, 1.54) is 4.90 Å². The molecule has 23 heavy (non-hydrogen) atoms. The Bertz CT molecular complexity index is 611. The van der Waals surface area contributed by atoms with Crippen LogP contribution in [0.3, 0.4) is 0 Å². The summed E-state index contributed by atoms with van der Waals surface area (Å²) in [6, 6.07) is 9.15. The van der Waals surface area contributed by atoms with Crippen molar-refractivity contribution in [2.75, 3.05) is 5.75 Å². The van der Waals surface area contributed by atoms with E-state index in [1.54, 1.807) is 27.7 Å². The molecule has 1 rings (SSSR count). The largest absolute Gasteiger partial charge is 0.444 e. The number of hydrogen-bond donors (Lipinski definition) is 0. The highest BCUT2D eigenvalue weighted by atomic mass is 35.7. The summed E-state index contributed by atoms with van der Waals surface area (Å²) in [6.07, 6.45) is -0.224. The predicted octanol–water partition coefficient (Wildman–Crippen LogP) is 3.77. The monoisotopic (exact) mass is 361 g/mol. The molecule has 130 valence electrons. The standard InChI is InChI=1S/C16H24ClNO4S/c1-13(10-11-23(17,20)21)18(15(19)22-16(2,3)4)12-14-8-6-5-7-9-14/h5-9,13H,10-12H2,1-4H3. The molecule has 0 saturated carbocycles. The lowest BCUT2D eigenvalue weighted by Gasteiger charge is -2.31. The molecule has 0 aliphatic rings. The van der Waals surface area contributed by atoms with Gasteiger partial charge < -0.3 is 9.64 Å². The second-order valence-corrected chi connectivity index (χ2v) is 9.37. The van der Waals surface area contributed by atoms with Crippen molar-refractivity contribution in [3.8, 4) is 0 Å². The zero-order valence-corrected chi connectivity index (χ0v) is 15.5. The number of ether oxygens (including phenoxy) is 1. The number of carbonyl (C=O) groups is 1. The van der Waals surface area contributed by atoms with Crippen LogP contribution < -0.4 is 0 Å². The van der Waals surface area contributed by atoms with E-state index in [0.29, 0.717) is 6.54 Å². The smallest absolute Gasteiger partial charge is 0.410 e. The van der Waals surface area contributed by atoms with E-state index in [-0.39, 0.29) is 18.2 Å². The summed E-state index contributed by atoms with van der Waals surface area (Å²) >= 11 is 0. The predicted molar refractivity (Wildman–Crippen MR) is 91.9 cm³/mol. The van der Waals surface area contributed by atoms with E-state index in [9.17, 15) is 13.2 Å². The molecule has 1 atom stereocenters. The normalized spacial score (nSPS) is 13.4. The van der Waals surface area contributed by atoms with Crippen LogP contribution in [0.25, 0.3) is 0 Å². The number of carbonyl (C=O) groups excluding carboxylic acids is 1. The van der Waals surface area contributed by atoms with Crippen LogP contribution in [0, 0.1) is 0 Å². The number of nitrogens with zero attached hydrogens (tertiary/aromatic N) is 1. The summed E-state index contributed by atoms with van der Waals surface area (Å²) in [6.45, 7) is 7.51. The topological polar surface area (TPSA) is 63.7 Å². The lowest BCUT2D eigenvalue weighted by molar-refractivity contribution is 0.0153. The van der Waals surface area contributed by atoms with E-state index in [1.807, 2.05) is 30.3 Å². The van der Waals surface area contributed by atoms with Crippen molar-refractivity contribution in [2.24, 2.45) is 0 Å². The summed E-state index contributed by atoms with van der Waals surface area (Å²) in [4.78, 5) is 14.0. The van der Waals surface area contributed by atoms with Gasteiger partial charge in [0.1, 0.15) is 5.60 Å². The van der Waals surface area contributed by atoms with Crippen LogP contribution in [0.15, 0.2) is 30.3 Å². The molecule has 1 unspecified atom stereocenters. The van der Waals surface area contributed by atoms with Crippen molar-refractivity contribution in [3.63, 3.8) is 0 Å². The molecule has 0 N–H and O–H groups in total. The molecule has 0 fully saturated rings. The number of amides is 1. The highest BCUT2D eigenvalue weighted by Crippen LogP contribution is 2.17. The summed E-state index contributed by atoms with van der Waals surface area (Å²) in [5, 5.41) is 0. The Balaban J connectivity index is 2.89. The molecular formula is C16H24ClNO4S. The molecular weight excluding hydrogens is 338 g/mol. The van der Waals surface area contributed by atoms with Crippen molar-refractivity contribution in [3.05, 3.63) is 35.9 Å². The second-order valence-electron chi connectivity index (χ2n) is 6.47. The average Bonchev–Trinajstić information content (AvgIpc) is 2.40. The van der Waals surface area contributed by atoms with E-state index in [2.05, 4.69) is 0 Å². The van der Waals surface area contributed by atoms with Gasteiger partial charge in [-0.15, -0.1) is 0 Å². The Morgan fingerprint density at radius 1 is 1.26 bits per heavy atom. The van der Waals surface area contributed by atoms with Gasteiger partial charge in [0.05, 0.1) is 5.75 Å². The Labute approximate surface area is 143 Å². The van der Waals surface area contributed by atoms with Gasteiger partial charge in [0, 0.05) is 23.3 Å². The molecule has 5 nitrogen and oxygen atoms in total. The van der Waals surface area contributed by atoms with Gasteiger partial charge in [0.2, 0.25) is 9.05 Å². The Morgan fingerprint density at radius 2 is 1.83 bits per heavy atom. The minimum Gasteiger partial charge on any atom is -0.444 e. The molecule has 0 radical (unpaired) electrons. The van der Waals surface area contributed by atoms with E-state index >= 15 is 0 Å². The zero-order valence-electron chi connectivity index (χ0n) is 14.0. The highest BCUT2D eigenvalue weighted by Gasteiger charge is 2.27. The molecule has 0 bridgehead atoms. The molecule has 1 aromatic rings. The number of halogens is 1. The summed E-state index contributed by atoms with van der Waals surface area (Å²) < 4.78 is 27.7. The van der Waals surface area contributed by atoms with Gasteiger partial charge in [-0.25, -0.2) is 13.2 Å². The fourth-order valence-corrected chi connectivity index (χ4v) is 2.86. The van der Waals surface area contributed by atoms with Crippen molar-refractivity contribution in [2.45, 2.75) is 52.3 Å². The van der Waals surface area contributed by atoms with Crippen LogP contribution in [-0.4, -0.2) is 36.8 Å². The Morgan fingerprint density at radius 3 is 2.30 bits per heavy atom. The molecule has 1 amide bonds. The van der Waals surface area contributed by atoms with Crippen molar-refractivity contribution >= 4 is 25.8 Å². The number of benzene rings is 1. The lowest BCUT2D eigenvalue weighted by Crippen LogP contribution is -2.42. The molecule has 0 heterocycles. The first-order chi connectivity index (χ1) is 10.5. The zero-order chi connectivity index (χ0) is 17.7. The number of hydrogen-bond acceptors (Lipinski definition) is 4. The quantitative estimate of drug-likeness (QED) is 0.723. The van der Waals surface area contributed by atoms with Gasteiger partial charge in [-0.05, 0) is 39.7 Å². The molecule has 0 aliphatic carbocycles. The summed E-state index contributed by atoms with van der Waals surface area (Å²) in [5.41, 5.74) is 0.323. The first-order valence-corrected chi connectivity index (χ1v) is 9.91. The third-order valence-electron chi connectivity index (χ3n) is 3.14. The summed E-state index contributed by atoms with van der Waals surface area (Å²) in [5.74, 6) is -0.191. The van der Waals surface area contributed by atoms with Crippen LogP contribution >= 0.6 is 10.7 Å². The SMILES string of the molecule is CC(CCS(=O)(=O)Cl)N(Cc1ccccc1)C(=O)OC(C)(C)C. The lowest BCUT2D eigenvalue weighted by atomic mass is 10.1. The molecule has 1 aromatic carbocycles. The minimum absolute atomic E-state index is 0.191. The molecule has 0 saturated heterocycles. The Kier molecular flexibility index (Phi) is 6.89. The maximum Gasteiger partial charge on any atom is 0.410 e. The summed E-state index contributed by atoms with van der Waals surface area (Å²) in [7, 11) is 1.67. The van der Waals surface area contributed by atoms with Gasteiger partial charge in [-0.3, -0.25) is 0 Å². The van der Waals surface area contributed by atoms with Gasteiger partial charge in [0.25, 0.3) is 0 Å². The third-order valence-corrected chi connectivity index (χ3v) is 4.32. The van der Waals surface area contributed by atoms with Crippen LogP contribution in [0.2, 0.25) is 0 Å². The van der Waals surface area contributed by atoms with Crippen LogP contribution in [0.5, 0.6) is 0 Å². The fraction of sp³-hybridized carbons (Fsp3) is 0.562. The van der Waals surface area contributed by atoms with E-state index in [0.717, 1.165) is 5.56 Å². The first-order valence-electron chi connectivity index (χ1n) is 7.44. The molecule has 7 heteroatoms. The van der Waals surface area contributed by atoms with Gasteiger partial charge in [-0.1, -0.05) is 30.3 Å². The van der Waals surface area contributed by atoms with Gasteiger partial charge >= 0.3 is 6.09 Å². The maximum atomic E-state index is 12.5. The van der Waals surface area contributed by atoms with Gasteiger partial charge in [0.15, 0.2) is 0 Å². The Hall–Kier alpha value is -1.27. The minimum atomic E-state index is -3.59. The van der Waals surface area contributed by atoms with Crippen molar-refractivity contribution in [1.29, 1.82) is 0 Å². The molecule has 0 aromatic heterocycles. The van der Waals surface area contributed by atoms with Crippen molar-refractivity contribution in [1.82, 2.24) is 4.90 Å². The van der Waals surface area contributed by atoms with Crippen LogP contribution in [-0.2, 0) is 20.3 Å². The van der Waals surface area contributed by atoms with Crippen LogP contribution in [0.4, 0.5) is 4.79 Å². The van der Waals surface area contributed by atoms with Gasteiger partial charge in [-0.2, -0.15) is 0 Å². The van der Waals surface area contributed by atoms with Crippen LogP contribution in [0.1, 0.15) is 39.7 Å². The average molecular weight is 362 g/mol. The van der Waals surface area contributed by atoms with Crippen molar-refractivity contribution < 1.29 is 17.9 Å². The van der Waals surface area contributed by atoms with E-state index in [4.69, 9.17) is 15.4 Å². The molecule has 0 aliphatic heterocycles. The third kappa shape index (κ3) is 8.23. The second kappa shape index (κ2) is 8.02. The number of rotatable bonds is 6. The fourth-order valence-electron chi connectivity index (χ4n) is 1.97. The maximum absolute atomic E-state index is 12.5. The highest BCUT2D eigenvalue weighted by molar-refractivity contribution is 8.13. The van der Waals surface area contributed by atoms with E-state index < -0.39 is 20.7 Å². The molecule has 0 spiro atoms. The first kappa shape index (κ1) is 19.8.